The Morgan fingerprint density at radius 3 is 2.29 bits per heavy atom. The summed E-state index contributed by atoms with van der Waals surface area (Å²) in [5.41, 5.74) is 7.10. The maximum Gasteiger partial charge on any atom is 0.326 e. The smallest absolute Gasteiger partial charge is 0.326 e. The van der Waals surface area contributed by atoms with Crippen molar-refractivity contribution < 1.29 is 34.2 Å². The van der Waals surface area contributed by atoms with Crippen LogP contribution in [0.3, 0.4) is 0 Å². The van der Waals surface area contributed by atoms with Gasteiger partial charge in [-0.2, -0.15) is 12.6 Å². The highest BCUT2D eigenvalue weighted by molar-refractivity contribution is 7.80. The second-order valence-corrected chi connectivity index (χ2v) is 8.34. The van der Waals surface area contributed by atoms with Gasteiger partial charge in [0.15, 0.2) is 0 Å². The molecule has 0 saturated carbocycles. The van der Waals surface area contributed by atoms with Gasteiger partial charge in [-0.25, -0.2) is 4.79 Å². The Kier molecular flexibility index (Phi) is 10.1. The highest BCUT2D eigenvalue weighted by Gasteiger charge is 2.29. The van der Waals surface area contributed by atoms with E-state index in [1.54, 1.807) is 6.20 Å². The van der Waals surface area contributed by atoms with Gasteiger partial charge < -0.3 is 36.9 Å². The Bertz CT molecular complexity index is 1090. The quantitative estimate of drug-likeness (QED) is 0.164. The van der Waals surface area contributed by atoms with E-state index in [0.29, 0.717) is 5.56 Å². The molecule has 2 aromatic rings. The number of carboxylic acid groups (broad SMARTS) is 2. The molecule has 0 aliphatic heterocycles. The molecular formula is C22H29N5O7S. The summed E-state index contributed by atoms with van der Waals surface area (Å²) in [6.45, 7) is 1.41. The summed E-state index contributed by atoms with van der Waals surface area (Å²) in [7, 11) is 0. The zero-order valence-corrected chi connectivity index (χ0v) is 19.9. The largest absolute Gasteiger partial charge is 0.481 e. The lowest BCUT2D eigenvalue weighted by molar-refractivity contribution is -0.143. The van der Waals surface area contributed by atoms with Crippen molar-refractivity contribution in [2.75, 3.05) is 5.75 Å². The summed E-state index contributed by atoms with van der Waals surface area (Å²) in [4.78, 5) is 63.2. The summed E-state index contributed by atoms with van der Waals surface area (Å²) < 4.78 is 0. The lowest BCUT2D eigenvalue weighted by atomic mass is 10.0. The molecule has 0 radical (unpaired) electrons. The third kappa shape index (κ3) is 8.00. The Labute approximate surface area is 206 Å². The summed E-state index contributed by atoms with van der Waals surface area (Å²) in [5.74, 6) is -4.65. The summed E-state index contributed by atoms with van der Waals surface area (Å²) in [6.07, 6.45) is 0.875. The van der Waals surface area contributed by atoms with E-state index in [0.717, 1.165) is 10.9 Å². The molecule has 4 atom stereocenters. The molecule has 1 aromatic heterocycles. The second-order valence-electron chi connectivity index (χ2n) is 7.98. The van der Waals surface area contributed by atoms with E-state index in [1.165, 1.54) is 6.92 Å². The SMILES string of the molecule is CC(NC(=O)C(N)CS)C(=O)NC(Cc1c[nH]c2ccccc12)C(=O)NC(CCC(=O)O)C(=O)O. The minimum Gasteiger partial charge on any atom is -0.481 e. The lowest BCUT2D eigenvalue weighted by Crippen LogP contribution is -2.57. The first-order valence-electron chi connectivity index (χ1n) is 10.8. The molecule has 35 heavy (non-hydrogen) atoms. The van der Waals surface area contributed by atoms with Gasteiger partial charge in [0.2, 0.25) is 17.7 Å². The summed E-state index contributed by atoms with van der Waals surface area (Å²) in [6, 6.07) is 2.64. The van der Waals surface area contributed by atoms with Gasteiger partial charge in [-0.1, -0.05) is 18.2 Å². The van der Waals surface area contributed by atoms with Gasteiger partial charge in [0.1, 0.15) is 18.1 Å². The molecule has 0 bridgehead atoms. The number of aromatic nitrogens is 1. The molecule has 0 fully saturated rings. The lowest BCUT2D eigenvalue weighted by Gasteiger charge is -2.23. The van der Waals surface area contributed by atoms with Crippen molar-refractivity contribution >= 4 is 53.2 Å². The Morgan fingerprint density at radius 1 is 1.00 bits per heavy atom. The third-order valence-electron chi connectivity index (χ3n) is 5.28. The number of H-pyrrole nitrogens is 1. The maximum atomic E-state index is 13.0. The predicted octanol–water partition coefficient (Wildman–Crippen LogP) is -0.609. The molecule has 12 nitrogen and oxygen atoms in total. The molecule has 13 heteroatoms. The number of nitrogens with two attached hydrogens (primary N) is 1. The van der Waals surface area contributed by atoms with Gasteiger partial charge in [-0.15, -0.1) is 0 Å². The number of carboxylic acids is 2. The Morgan fingerprint density at radius 2 is 1.66 bits per heavy atom. The van der Waals surface area contributed by atoms with Gasteiger partial charge >= 0.3 is 11.9 Å². The third-order valence-corrected chi connectivity index (χ3v) is 5.67. The normalized spacial score (nSPS) is 14.4. The average molecular weight is 508 g/mol. The van der Waals surface area contributed by atoms with Crippen LogP contribution in [0.1, 0.15) is 25.3 Å². The number of thiol groups is 1. The fraction of sp³-hybridized carbons (Fsp3) is 0.409. The van der Waals surface area contributed by atoms with E-state index >= 15 is 0 Å². The number of aliphatic carboxylic acids is 2. The van der Waals surface area contributed by atoms with Crippen molar-refractivity contribution in [2.45, 2.75) is 50.4 Å². The number of aromatic amines is 1. The summed E-state index contributed by atoms with van der Waals surface area (Å²) in [5, 5.41) is 26.3. The van der Waals surface area contributed by atoms with E-state index in [1.807, 2.05) is 24.3 Å². The number of carbonyl (C=O) groups is 5. The molecular weight excluding hydrogens is 478 g/mol. The van der Waals surface area contributed by atoms with Gasteiger partial charge in [-0.05, 0) is 25.0 Å². The zero-order chi connectivity index (χ0) is 26.1. The van der Waals surface area contributed by atoms with E-state index < -0.39 is 60.2 Å². The van der Waals surface area contributed by atoms with Crippen LogP contribution in [0.2, 0.25) is 0 Å². The van der Waals surface area contributed by atoms with Crippen molar-refractivity contribution in [3.8, 4) is 0 Å². The number of para-hydroxylation sites is 1. The van der Waals surface area contributed by atoms with Crippen molar-refractivity contribution in [3.63, 3.8) is 0 Å². The fourth-order valence-electron chi connectivity index (χ4n) is 3.29. The number of hydrogen-bond donors (Lipinski definition) is 8. The zero-order valence-electron chi connectivity index (χ0n) is 19.0. The number of rotatable bonds is 13. The topological polar surface area (TPSA) is 204 Å². The van der Waals surface area contributed by atoms with Gasteiger partial charge in [-0.3, -0.25) is 19.2 Å². The minimum absolute atomic E-state index is 0.00365. The predicted molar refractivity (Wildman–Crippen MR) is 130 cm³/mol. The first-order valence-corrected chi connectivity index (χ1v) is 11.4. The second kappa shape index (κ2) is 12.8. The van der Waals surface area contributed by atoms with Gasteiger partial charge in [0.05, 0.1) is 6.04 Å². The maximum absolute atomic E-state index is 13.0. The molecule has 2 rings (SSSR count). The van der Waals surface area contributed by atoms with E-state index in [-0.39, 0.29) is 18.6 Å². The molecule has 190 valence electrons. The van der Waals surface area contributed by atoms with Crippen LogP contribution in [0.25, 0.3) is 10.9 Å². The van der Waals surface area contributed by atoms with Crippen molar-refractivity contribution in [1.29, 1.82) is 0 Å². The van der Waals surface area contributed by atoms with Crippen molar-refractivity contribution in [1.82, 2.24) is 20.9 Å². The van der Waals surface area contributed by atoms with E-state index in [4.69, 9.17) is 10.8 Å². The first kappa shape index (κ1) is 27.7. The van der Waals surface area contributed by atoms with Crippen LogP contribution in [0.5, 0.6) is 0 Å². The van der Waals surface area contributed by atoms with Crippen molar-refractivity contribution in [3.05, 3.63) is 36.0 Å². The Hall–Kier alpha value is -3.58. The van der Waals surface area contributed by atoms with Gasteiger partial charge in [0.25, 0.3) is 0 Å². The van der Waals surface area contributed by atoms with Crippen LogP contribution in [0, 0.1) is 0 Å². The molecule has 4 unspecified atom stereocenters. The van der Waals surface area contributed by atoms with Gasteiger partial charge in [0, 0.05) is 35.7 Å². The van der Waals surface area contributed by atoms with Crippen LogP contribution < -0.4 is 21.7 Å². The molecule has 1 aromatic carbocycles. The number of fused-ring (bicyclic) bond motifs is 1. The number of carbonyl (C=O) groups excluding carboxylic acids is 3. The monoisotopic (exact) mass is 507 g/mol. The molecule has 0 aliphatic carbocycles. The van der Waals surface area contributed by atoms with Crippen LogP contribution in [0.15, 0.2) is 30.5 Å². The molecule has 8 N–H and O–H groups in total. The Balaban J connectivity index is 2.23. The molecule has 0 saturated heterocycles. The number of nitrogens with one attached hydrogen (secondary N) is 4. The van der Waals surface area contributed by atoms with Crippen LogP contribution in [0.4, 0.5) is 0 Å². The van der Waals surface area contributed by atoms with Crippen LogP contribution >= 0.6 is 12.6 Å². The first-order chi connectivity index (χ1) is 16.5. The van der Waals surface area contributed by atoms with Crippen molar-refractivity contribution in [2.24, 2.45) is 5.73 Å². The van der Waals surface area contributed by atoms with Crippen LogP contribution in [-0.2, 0) is 30.4 Å². The average Bonchev–Trinajstić information content (AvgIpc) is 3.22. The number of amides is 3. The van der Waals surface area contributed by atoms with Crippen LogP contribution in [-0.4, -0.2) is 74.8 Å². The highest BCUT2D eigenvalue weighted by atomic mass is 32.1. The number of hydrogen-bond acceptors (Lipinski definition) is 7. The van der Waals surface area contributed by atoms with E-state index in [2.05, 4.69) is 33.6 Å². The molecule has 3 amide bonds. The number of benzene rings is 1. The molecule has 1 heterocycles. The standard InChI is InChI=1S/C22H29N5O7S/c1-11(25-20(31)14(23)10-35)19(30)27-17(8-12-9-24-15-5-3-2-4-13(12)15)21(32)26-16(22(33)34)6-7-18(28)29/h2-5,9,11,14,16-17,24,35H,6-8,10,23H2,1H3,(H,25,31)(H,26,32)(H,27,30)(H,28,29)(H,33,34). The molecule has 0 spiro atoms. The molecule has 0 aliphatic rings. The minimum atomic E-state index is -1.47. The fourth-order valence-corrected chi connectivity index (χ4v) is 3.46. The summed E-state index contributed by atoms with van der Waals surface area (Å²) >= 11 is 3.94. The highest BCUT2D eigenvalue weighted by Crippen LogP contribution is 2.19. The van der Waals surface area contributed by atoms with E-state index in [9.17, 15) is 29.1 Å².